The summed E-state index contributed by atoms with van der Waals surface area (Å²) in [5.74, 6) is -0.611. The fourth-order valence-electron chi connectivity index (χ4n) is 2.88. The Labute approximate surface area is 148 Å². The normalized spacial score (nSPS) is 11.1. The first-order valence-electron chi connectivity index (χ1n) is 7.95. The molecule has 2 N–H and O–H groups in total. The highest BCUT2D eigenvalue weighted by atomic mass is 32.1. The molecule has 3 rings (SSSR count). The van der Waals surface area contributed by atoms with Crippen molar-refractivity contribution in [3.63, 3.8) is 0 Å². The molecule has 6 nitrogen and oxygen atoms in total. The third-order valence-electron chi connectivity index (χ3n) is 4.31. The molecule has 0 aliphatic rings. The molecule has 25 heavy (non-hydrogen) atoms. The molecule has 0 radical (unpaired) electrons. The van der Waals surface area contributed by atoms with Gasteiger partial charge in [-0.15, -0.1) is 11.3 Å². The minimum absolute atomic E-state index is 0.236. The van der Waals surface area contributed by atoms with Gasteiger partial charge in [-0.2, -0.15) is 0 Å². The van der Waals surface area contributed by atoms with Crippen molar-refractivity contribution in [3.8, 4) is 0 Å². The number of hydrogen-bond donors (Lipinski definition) is 1. The summed E-state index contributed by atoms with van der Waals surface area (Å²) in [4.78, 5) is 38.6. The molecule has 0 saturated carbocycles. The number of fused-ring (bicyclic) bond motifs is 1. The van der Waals surface area contributed by atoms with Crippen molar-refractivity contribution in [2.45, 2.75) is 33.4 Å². The Morgan fingerprint density at radius 3 is 2.44 bits per heavy atom. The van der Waals surface area contributed by atoms with Crippen LogP contribution in [-0.4, -0.2) is 15.0 Å². The van der Waals surface area contributed by atoms with E-state index in [1.807, 2.05) is 44.2 Å². The molecule has 0 bridgehead atoms. The van der Waals surface area contributed by atoms with Crippen molar-refractivity contribution in [3.05, 3.63) is 67.2 Å². The maximum Gasteiger partial charge on any atom is 0.332 e. The standard InChI is InChI=1S/C18H19N3O3S/c1-11-12(2)25-17-15(11)16(23)20(18(24)21(17)10-14(19)22)9-8-13-6-4-3-5-7-13/h3-7H,8-10H2,1-2H3,(H2,19,22). The predicted octanol–water partition coefficient (Wildman–Crippen LogP) is 1.57. The van der Waals surface area contributed by atoms with Crippen molar-refractivity contribution in [2.75, 3.05) is 0 Å². The van der Waals surface area contributed by atoms with Crippen LogP contribution in [-0.2, 0) is 24.3 Å². The number of primary amides is 1. The number of benzene rings is 1. The average molecular weight is 357 g/mol. The molecule has 2 aromatic heterocycles. The van der Waals surface area contributed by atoms with Gasteiger partial charge in [0, 0.05) is 11.4 Å². The Balaban J connectivity index is 2.17. The van der Waals surface area contributed by atoms with E-state index in [2.05, 4.69) is 0 Å². The topological polar surface area (TPSA) is 87.1 Å². The zero-order valence-electron chi connectivity index (χ0n) is 14.1. The van der Waals surface area contributed by atoms with Crippen LogP contribution >= 0.6 is 11.3 Å². The van der Waals surface area contributed by atoms with E-state index in [1.165, 1.54) is 20.5 Å². The highest BCUT2D eigenvalue weighted by molar-refractivity contribution is 7.18. The summed E-state index contributed by atoms with van der Waals surface area (Å²) in [5.41, 5.74) is 6.38. The largest absolute Gasteiger partial charge is 0.368 e. The fraction of sp³-hybridized carbons (Fsp3) is 0.278. The Morgan fingerprint density at radius 1 is 1.12 bits per heavy atom. The second-order valence-electron chi connectivity index (χ2n) is 5.99. The molecule has 0 saturated heterocycles. The lowest BCUT2D eigenvalue weighted by Crippen LogP contribution is -2.42. The van der Waals surface area contributed by atoms with Crippen LogP contribution in [0.3, 0.4) is 0 Å². The highest BCUT2D eigenvalue weighted by Crippen LogP contribution is 2.26. The molecule has 2 heterocycles. The number of thiophene rings is 1. The third-order valence-corrected chi connectivity index (χ3v) is 5.54. The zero-order chi connectivity index (χ0) is 18.1. The number of rotatable bonds is 5. The van der Waals surface area contributed by atoms with E-state index in [0.717, 1.165) is 16.0 Å². The summed E-state index contributed by atoms with van der Waals surface area (Å²) in [5, 5.41) is 0.497. The molecule has 0 spiro atoms. The monoisotopic (exact) mass is 357 g/mol. The summed E-state index contributed by atoms with van der Waals surface area (Å²) in [6.45, 7) is 3.77. The first kappa shape index (κ1) is 17.2. The third kappa shape index (κ3) is 3.15. The Kier molecular flexibility index (Phi) is 4.59. The number of carbonyl (C=O) groups is 1. The second-order valence-corrected chi connectivity index (χ2v) is 7.19. The van der Waals surface area contributed by atoms with Gasteiger partial charge in [-0.05, 0) is 31.4 Å². The maximum absolute atomic E-state index is 12.9. The summed E-state index contributed by atoms with van der Waals surface area (Å²) in [6.07, 6.45) is 0.556. The molecule has 0 fully saturated rings. The summed E-state index contributed by atoms with van der Waals surface area (Å²) >= 11 is 1.34. The van der Waals surface area contributed by atoms with Gasteiger partial charge in [0.05, 0.1) is 5.39 Å². The minimum Gasteiger partial charge on any atom is -0.368 e. The van der Waals surface area contributed by atoms with E-state index >= 15 is 0 Å². The molecular formula is C18H19N3O3S. The molecule has 0 aliphatic heterocycles. The van der Waals surface area contributed by atoms with Crippen LogP contribution in [0.1, 0.15) is 16.0 Å². The van der Waals surface area contributed by atoms with Crippen molar-refractivity contribution in [1.82, 2.24) is 9.13 Å². The summed E-state index contributed by atoms with van der Waals surface area (Å²) < 4.78 is 2.52. The van der Waals surface area contributed by atoms with E-state index in [4.69, 9.17) is 5.73 Å². The Bertz CT molecular complexity index is 1060. The van der Waals surface area contributed by atoms with Crippen LogP contribution in [0, 0.1) is 13.8 Å². The number of aryl methyl sites for hydroxylation is 3. The zero-order valence-corrected chi connectivity index (χ0v) is 14.9. The molecule has 0 aliphatic carbocycles. The first-order valence-corrected chi connectivity index (χ1v) is 8.77. The van der Waals surface area contributed by atoms with E-state index < -0.39 is 11.6 Å². The quantitative estimate of drug-likeness (QED) is 0.752. The molecule has 130 valence electrons. The lowest BCUT2D eigenvalue weighted by Gasteiger charge is -2.11. The Morgan fingerprint density at radius 2 is 1.80 bits per heavy atom. The lowest BCUT2D eigenvalue weighted by molar-refractivity contribution is -0.118. The molecule has 3 aromatic rings. The predicted molar refractivity (Wildman–Crippen MR) is 99.2 cm³/mol. The van der Waals surface area contributed by atoms with Crippen LogP contribution in [0.15, 0.2) is 39.9 Å². The molecular weight excluding hydrogens is 338 g/mol. The minimum atomic E-state index is -0.611. The van der Waals surface area contributed by atoms with Crippen LogP contribution in [0.4, 0.5) is 0 Å². The lowest BCUT2D eigenvalue weighted by atomic mass is 10.1. The molecule has 1 aromatic carbocycles. The summed E-state index contributed by atoms with van der Waals surface area (Å²) in [7, 11) is 0. The van der Waals surface area contributed by atoms with Crippen molar-refractivity contribution in [1.29, 1.82) is 0 Å². The van der Waals surface area contributed by atoms with Crippen molar-refractivity contribution >= 4 is 27.5 Å². The van der Waals surface area contributed by atoms with Gasteiger partial charge >= 0.3 is 5.69 Å². The van der Waals surface area contributed by atoms with E-state index in [9.17, 15) is 14.4 Å². The molecule has 1 amide bonds. The number of nitrogens with two attached hydrogens (primary N) is 1. The van der Waals surface area contributed by atoms with Gasteiger partial charge in [-0.1, -0.05) is 30.3 Å². The van der Waals surface area contributed by atoms with Gasteiger partial charge in [0.2, 0.25) is 5.91 Å². The average Bonchev–Trinajstić information content (AvgIpc) is 2.87. The van der Waals surface area contributed by atoms with Gasteiger partial charge in [-0.3, -0.25) is 18.7 Å². The molecule has 0 atom stereocenters. The smallest absolute Gasteiger partial charge is 0.332 e. The van der Waals surface area contributed by atoms with E-state index in [0.29, 0.717) is 16.6 Å². The summed E-state index contributed by atoms with van der Waals surface area (Å²) in [6, 6.07) is 9.65. The number of nitrogens with zero attached hydrogens (tertiary/aromatic N) is 2. The van der Waals surface area contributed by atoms with Crippen LogP contribution in [0.2, 0.25) is 0 Å². The fourth-order valence-corrected chi connectivity index (χ4v) is 4.02. The number of amides is 1. The number of carbonyl (C=O) groups excluding carboxylic acids is 1. The number of hydrogen-bond acceptors (Lipinski definition) is 4. The van der Waals surface area contributed by atoms with Crippen LogP contribution in [0.5, 0.6) is 0 Å². The van der Waals surface area contributed by atoms with Crippen LogP contribution in [0.25, 0.3) is 10.2 Å². The van der Waals surface area contributed by atoms with E-state index in [1.54, 1.807) is 0 Å². The molecule has 7 heteroatoms. The maximum atomic E-state index is 12.9. The Hall–Kier alpha value is -2.67. The van der Waals surface area contributed by atoms with Gasteiger partial charge < -0.3 is 5.73 Å². The van der Waals surface area contributed by atoms with Gasteiger partial charge in [0.1, 0.15) is 11.4 Å². The van der Waals surface area contributed by atoms with Gasteiger partial charge in [0.25, 0.3) is 5.56 Å². The molecule has 0 unspecified atom stereocenters. The first-order chi connectivity index (χ1) is 11.9. The van der Waals surface area contributed by atoms with Crippen LogP contribution < -0.4 is 17.0 Å². The highest BCUT2D eigenvalue weighted by Gasteiger charge is 2.19. The van der Waals surface area contributed by atoms with Gasteiger partial charge in [0.15, 0.2) is 0 Å². The van der Waals surface area contributed by atoms with E-state index in [-0.39, 0.29) is 18.6 Å². The second kappa shape index (κ2) is 6.68. The van der Waals surface area contributed by atoms with Crippen molar-refractivity contribution < 1.29 is 4.79 Å². The van der Waals surface area contributed by atoms with Gasteiger partial charge in [-0.25, -0.2) is 4.79 Å². The SMILES string of the molecule is Cc1sc2c(c1C)c(=O)n(CCc1ccccc1)c(=O)n2CC(N)=O. The van der Waals surface area contributed by atoms with Crippen molar-refractivity contribution in [2.24, 2.45) is 5.73 Å². The number of aromatic nitrogens is 2.